The van der Waals surface area contributed by atoms with Crippen molar-refractivity contribution >= 4 is 34.4 Å². The Bertz CT molecular complexity index is 708. The zero-order valence-electron chi connectivity index (χ0n) is 12.0. The monoisotopic (exact) mass is 345 g/mol. The number of nitrogens with zero attached hydrogens (tertiary/aromatic N) is 3. The van der Waals surface area contributed by atoms with Gasteiger partial charge in [-0.2, -0.15) is 0 Å². The predicted molar refractivity (Wildman–Crippen MR) is 81.9 cm³/mol. The Balaban J connectivity index is 2.12. The molecule has 3 N–H and O–H groups in total. The van der Waals surface area contributed by atoms with Gasteiger partial charge in [-0.05, 0) is 19.2 Å². The molecule has 4 atom stereocenters. The maximum absolute atomic E-state index is 10.6. The molecule has 0 aliphatic carbocycles. The largest absolute Gasteiger partial charge is 0.394 e. The van der Waals surface area contributed by atoms with E-state index in [1.165, 1.54) is 18.7 Å². The topological polar surface area (TPSA) is 101 Å². The molecule has 3 rings (SSSR count). The number of hydrogen-bond donors (Lipinski definition) is 3. The number of aromatic nitrogens is 3. The Kier molecular flexibility index (Phi) is 4.09. The fourth-order valence-electron chi connectivity index (χ4n) is 2.65. The van der Waals surface area contributed by atoms with E-state index in [0.717, 1.165) is 0 Å². The first-order valence-corrected chi connectivity index (χ1v) is 8.25. The highest BCUT2D eigenvalue weighted by atomic mass is 35.5. The fourth-order valence-corrected chi connectivity index (χ4v) is 3.29. The van der Waals surface area contributed by atoms with Crippen molar-refractivity contribution < 1.29 is 20.1 Å². The van der Waals surface area contributed by atoms with Crippen LogP contribution in [0.4, 0.5) is 0 Å². The molecule has 0 aromatic carbocycles. The first kappa shape index (κ1) is 16.0. The molecular weight excluding hydrogens is 330 g/mol. The van der Waals surface area contributed by atoms with Crippen LogP contribution in [0, 0.1) is 0 Å². The highest BCUT2D eigenvalue weighted by Gasteiger charge is 2.53. The number of aliphatic hydroxyl groups excluding tert-OH is 2. The molecule has 0 radical (unpaired) electrons. The summed E-state index contributed by atoms with van der Waals surface area (Å²) in [4.78, 5) is 8.55. The second kappa shape index (κ2) is 5.63. The van der Waals surface area contributed by atoms with Crippen LogP contribution in [0.1, 0.15) is 13.2 Å². The highest BCUT2D eigenvalue weighted by molar-refractivity contribution is 7.98. The average Bonchev–Trinajstić information content (AvgIpc) is 3.00. The van der Waals surface area contributed by atoms with Gasteiger partial charge in [0, 0.05) is 6.20 Å². The van der Waals surface area contributed by atoms with Crippen molar-refractivity contribution in [2.45, 2.75) is 36.1 Å². The SMILES string of the molecule is CSc1nc(Cl)c2ccn(C3O[C@H](CO)[C@@H](O)C3(C)O)c2n1. The quantitative estimate of drug-likeness (QED) is 0.430. The van der Waals surface area contributed by atoms with Gasteiger partial charge in [-0.1, -0.05) is 23.4 Å². The van der Waals surface area contributed by atoms with Gasteiger partial charge in [0.25, 0.3) is 0 Å². The van der Waals surface area contributed by atoms with Crippen molar-refractivity contribution in [2.24, 2.45) is 0 Å². The number of halogens is 1. The molecule has 2 unspecified atom stereocenters. The first-order valence-electron chi connectivity index (χ1n) is 6.65. The van der Waals surface area contributed by atoms with Crippen LogP contribution in [0.3, 0.4) is 0 Å². The average molecular weight is 346 g/mol. The third-order valence-corrected chi connectivity index (χ3v) is 4.71. The molecule has 0 saturated carbocycles. The molecule has 120 valence electrons. The molecule has 7 nitrogen and oxygen atoms in total. The molecule has 2 aromatic heterocycles. The molecule has 0 amide bonds. The van der Waals surface area contributed by atoms with Gasteiger partial charge in [0.1, 0.15) is 28.6 Å². The van der Waals surface area contributed by atoms with Crippen LogP contribution in [0.15, 0.2) is 17.4 Å². The molecule has 3 heterocycles. The lowest BCUT2D eigenvalue weighted by Gasteiger charge is -2.27. The Labute approximate surface area is 135 Å². The lowest BCUT2D eigenvalue weighted by molar-refractivity contribution is -0.0948. The molecular formula is C13H16ClN3O4S. The van der Waals surface area contributed by atoms with E-state index in [9.17, 15) is 15.3 Å². The third-order valence-electron chi connectivity index (χ3n) is 3.87. The Morgan fingerprint density at radius 3 is 2.82 bits per heavy atom. The maximum atomic E-state index is 10.6. The number of aliphatic hydroxyl groups is 3. The van der Waals surface area contributed by atoms with Crippen LogP contribution < -0.4 is 0 Å². The van der Waals surface area contributed by atoms with Crippen LogP contribution in [0.25, 0.3) is 11.0 Å². The lowest BCUT2D eigenvalue weighted by Crippen LogP contribution is -2.44. The molecule has 1 aliphatic heterocycles. The number of fused-ring (bicyclic) bond motifs is 1. The van der Waals surface area contributed by atoms with Gasteiger partial charge in [-0.3, -0.25) is 0 Å². The number of hydrogen-bond acceptors (Lipinski definition) is 7. The van der Waals surface area contributed by atoms with Crippen LogP contribution in [-0.4, -0.2) is 60.5 Å². The van der Waals surface area contributed by atoms with Crippen LogP contribution in [-0.2, 0) is 4.74 Å². The van der Waals surface area contributed by atoms with E-state index in [4.69, 9.17) is 16.3 Å². The maximum Gasteiger partial charge on any atom is 0.190 e. The van der Waals surface area contributed by atoms with Crippen LogP contribution >= 0.6 is 23.4 Å². The second-order valence-electron chi connectivity index (χ2n) is 5.34. The van der Waals surface area contributed by atoms with Crippen molar-refractivity contribution in [3.63, 3.8) is 0 Å². The fraction of sp³-hybridized carbons (Fsp3) is 0.538. The van der Waals surface area contributed by atoms with Crippen molar-refractivity contribution in [1.82, 2.24) is 14.5 Å². The molecule has 0 bridgehead atoms. The smallest absolute Gasteiger partial charge is 0.190 e. The van der Waals surface area contributed by atoms with E-state index in [1.807, 2.05) is 6.26 Å². The van der Waals surface area contributed by atoms with E-state index >= 15 is 0 Å². The number of ether oxygens (including phenoxy) is 1. The summed E-state index contributed by atoms with van der Waals surface area (Å²) >= 11 is 7.49. The second-order valence-corrected chi connectivity index (χ2v) is 6.47. The summed E-state index contributed by atoms with van der Waals surface area (Å²) < 4.78 is 7.21. The van der Waals surface area contributed by atoms with Gasteiger partial charge in [0.2, 0.25) is 0 Å². The van der Waals surface area contributed by atoms with Gasteiger partial charge < -0.3 is 24.6 Å². The normalized spacial score (nSPS) is 32.0. The molecule has 22 heavy (non-hydrogen) atoms. The standard InChI is InChI=1S/C13H16ClN3O4S/c1-13(20)8(19)7(5-18)21-11(13)17-4-3-6-9(14)15-12(22-2)16-10(6)17/h3-4,7-8,11,18-20H,5H2,1-2H3/t7-,8-,11?,13?/m1/s1. The summed E-state index contributed by atoms with van der Waals surface area (Å²) in [5.41, 5.74) is -1.07. The Morgan fingerprint density at radius 1 is 1.50 bits per heavy atom. The Morgan fingerprint density at radius 2 is 2.23 bits per heavy atom. The van der Waals surface area contributed by atoms with Gasteiger partial charge in [-0.25, -0.2) is 9.97 Å². The Hall–Kier alpha value is -0.900. The summed E-state index contributed by atoms with van der Waals surface area (Å²) in [7, 11) is 0. The van der Waals surface area contributed by atoms with Crippen LogP contribution in [0.5, 0.6) is 0 Å². The summed E-state index contributed by atoms with van der Waals surface area (Å²) in [6, 6.07) is 1.72. The minimum Gasteiger partial charge on any atom is -0.394 e. The highest BCUT2D eigenvalue weighted by Crippen LogP contribution is 2.40. The van der Waals surface area contributed by atoms with Gasteiger partial charge in [0.05, 0.1) is 12.0 Å². The first-order chi connectivity index (χ1) is 10.4. The summed E-state index contributed by atoms with van der Waals surface area (Å²) in [5, 5.41) is 31.4. The van der Waals surface area contributed by atoms with E-state index in [1.54, 1.807) is 16.8 Å². The van der Waals surface area contributed by atoms with Gasteiger partial charge in [-0.15, -0.1) is 0 Å². The molecule has 9 heteroatoms. The summed E-state index contributed by atoms with van der Waals surface area (Å²) in [6.07, 6.45) is 0.532. The molecule has 1 aliphatic rings. The van der Waals surface area contributed by atoms with E-state index in [0.29, 0.717) is 21.3 Å². The summed E-state index contributed by atoms with van der Waals surface area (Å²) in [6.45, 7) is 1.07. The minimum atomic E-state index is -1.57. The van der Waals surface area contributed by atoms with E-state index in [2.05, 4.69) is 9.97 Å². The lowest BCUT2D eigenvalue weighted by atomic mass is 9.96. The molecule has 2 aromatic rings. The van der Waals surface area contributed by atoms with Gasteiger partial charge in [0.15, 0.2) is 11.4 Å². The van der Waals surface area contributed by atoms with E-state index in [-0.39, 0.29) is 0 Å². The summed E-state index contributed by atoms with van der Waals surface area (Å²) in [5.74, 6) is 0. The molecule has 0 spiro atoms. The molecule has 1 fully saturated rings. The van der Waals surface area contributed by atoms with Gasteiger partial charge >= 0.3 is 0 Å². The minimum absolute atomic E-state index is 0.310. The van der Waals surface area contributed by atoms with Crippen LogP contribution in [0.2, 0.25) is 5.15 Å². The molecule has 1 saturated heterocycles. The van der Waals surface area contributed by atoms with Crippen molar-refractivity contribution in [2.75, 3.05) is 12.9 Å². The van der Waals surface area contributed by atoms with Crippen molar-refractivity contribution in [3.05, 3.63) is 17.4 Å². The predicted octanol–water partition coefficient (Wildman–Crippen LogP) is 0.808. The third kappa shape index (κ3) is 2.31. The zero-order chi connectivity index (χ0) is 16.1. The number of rotatable bonds is 3. The van der Waals surface area contributed by atoms with E-state index < -0.39 is 30.6 Å². The number of thioether (sulfide) groups is 1. The zero-order valence-corrected chi connectivity index (χ0v) is 13.5. The van der Waals surface area contributed by atoms with Crippen molar-refractivity contribution in [1.29, 1.82) is 0 Å². The van der Waals surface area contributed by atoms with Crippen molar-refractivity contribution in [3.8, 4) is 0 Å².